The van der Waals surface area contributed by atoms with Crippen LogP contribution in [0.2, 0.25) is 0 Å². The second-order valence-electron chi connectivity index (χ2n) is 6.22. The number of halogens is 1. The van der Waals surface area contributed by atoms with Crippen LogP contribution >= 0.6 is 11.3 Å². The van der Waals surface area contributed by atoms with Crippen molar-refractivity contribution in [2.45, 2.75) is 24.8 Å². The van der Waals surface area contributed by atoms with Gasteiger partial charge in [0.15, 0.2) is 0 Å². The van der Waals surface area contributed by atoms with Gasteiger partial charge in [0.1, 0.15) is 5.82 Å². The lowest BCUT2D eigenvalue weighted by molar-refractivity contribution is -0.120. The van der Waals surface area contributed by atoms with Gasteiger partial charge < -0.3 is 5.32 Å². The zero-order chi connectivity index (χ0) is 20.1. The topological polar surface area (TPSA) is 75.3 Å². The monoisotopic (exact) mass is 418 g/mol. The van der Waals surface area contributed by atoms with Crippen LogP contribution in [0.3, 0.4) is 0 Å². The minimum absolute atomic E-state index is 0.0267. The quantitative estimate of drug-likeness (QED) is 0.612. The first-order valence-electron chi connectivity index (χ1n) is 8.51. The predicted octanol–water partition coefficient (Wildman–Crippen LogP) is 3.86. The summed E-state index contributed by atoms with van der Waals surface area (Å²) in [6, 6.07) is 15.1. The van der Waals surface area contributed by atoms with E-state index >= 15 is 0 Å². The van der Waals surface area contributed by atoms with E-state index in [1.165, 1.54) is 17.0 Å². The fourth-order valence-corrected chi connectivity index (χ4v) is 4.42. The molecule has 0 saturated carbocycles. The Morgan fingerprint density at radius 3 is 2.29 bits per heavy atom. The van der Waals surface area contributed by atoms with Crippen LogP contribution < -0.4 is 10.0 Å². The first-order chi connectivity index (χ1) is 13.3. The van der Waals surface area contributed by atoms with Gasteiger partial charge in [-0.2, -0.15) is 0 Å². The molecule has 0 radical (unpaired) electrons. The Balaban J connectivity index is 1.57. The van der Waals surface area contributed by atoms with Crippen LogP contribution in [-0.2, 0) is 27.8 Å². The molecule has 3 aromatic rings. The lowest BCUT2D eigenvalue weighted by Gasteiger charge is -2.09. The fraction of sp³-hybridized carbons (Fsp3) is 0.150. The number of benzene rings is 2. The Morgan fingerprint density at radius 2 is 1.68 bits per heavy atom. The summed E-state index contributed by atoms with van der Waals surface area (Å²) in [4.78, 5) is 14.3. The van der Waals surface area contributed by atoms with Crippen LogP contribution in [0, 0.1) is 12.7 Å². The third-order valence-electron chi connectivity index (χ3n) is 3.95. The second kappa shape index (κ2) is 8.53. The van der Waals surface area contributed by atoms with Gasteiger partial charge in [-0.1, -0.05) is 12.1 Å². The highest BCUT2D eigenvalue weighted by Gasteiger charge is 2.14. The molecule has 0 unspecified atom stereocenters. The molecular weight excluding hydrogens is 399 g/mol. The average Bonchev–Trinajstić information content (AvgIpc) is 3.07. The number of hydrogen-bond donors (Lipinski definition) is 2. The van der Waals surface area contributed by atoms with Crippen molar-refractivity contribution in [1.82, 2.24) is 5.32 Å². The molecule has 8 heteroatoms. The summed E-state index contributed by atoms with van der Waals surface area (Å²) in [6.07, 6.45) is 0.204. The van der Waals surface area contributed by atoms with E-state index in [4.69, 9.17) is 0 Å². The summed E-state index contributed by atoms with van der Waals surface area (Å²) in [6.45, 7) is 2.51. The molecule has 1 aromatic heterocycles. The Hall–Kier alpha value is -2.71. The maximum atomic E-state index is 13.0. The van der Waals surface area contributed by atoms with Gasteiger partial charge in [-0.15, -0.1) is 11.3 Å². The minimum Gasteiger partial charge on any atom is -0.351 e. The molecule has 28 heavy (non-hydrogen) atoms. The fourth-order valence-electron chi connectivity index (χ4n) is 2.53. The molecule has 2 N–H and O–H groups in total. The highest BCUT2D eigenvalue weighted by atomic mass is 32.2. The van der Waals surface area contributed by atoms with Crippen molar-refractivity contribution >= 4 is 33.0 Å². The van der Waals surface area contributed by atoms with Crippen LogP contribution in [0.1, 0.15) is 15.3 Å². The van der Waals surface area contributed by atoms with Crippen molar-refractivity contribution in [2.75, 3.05) is 4.72 Å². The van der Waals surface area contributed by atoms with Crippen LogP contribution in [0.15, 0.2) is 65.6 Å². The van der Waals surface area contributed by atoms with Crippen molar-refractivity contribution in [1.29, 1.82) is 0 Å². The molecule has 0 fully saturated rings. The van der Waals surface area contributed by atoms with Crippen molar-refractivity contribution in [3.63, 3.8) is 0 Å². The van der Waals surface area contributed by atoms with Gasteiger partial charge in [-0.3, -0.25) is 9.52 Å². The van der Waals surface area contributed by atoms with Crippen LogP contribution in [0.25, 0.3) is 0 Å². The molecule has 0 saturated heterocycles. The lowest BCUT2D eigenvalue weighted by Crippen LogP contribution is -2.24. The molecule has 0 spiro atoms. The van der Waals surface area contributed by atoms with Gasteiger partial charge >= 0.3 is 0 Å². The molecule has 0 bridgehead atoms. The zero-order valence-electron chi connectivity index (χ0n) is 15.1. The van der Waals surface area contributed by atoms with Crippen molar-refractivity contribution in [3.05, 3.63) is 81.8 Å². The van der Waals surface area contributed by atoms with Crippen molar-refractivity contribution < 1.29 is 17.6 Å². The van der Waals surface area contributed by atoms with E-state index in [0.717, 1.165) is 22.6 Å². The molecule has 5 nitrogen and oxygen atoms in total. The van der Waals surface area contributed by atoms with Gasteiger partial charge in [0.25, 0.3) is 10.0 Å². The molecular formula is C20H19FN2O3S2. The summed E-state index contributed by atoms with van der Waals surface area (Å²) >= 11 is 1.64. The predicted molar refractivity (Wildman–Crippen MR) is 108 cm³/mol. The number of anilines is 1. The SMILES string of the molecule is Cc1ccc(CNC(=O)Cc2ccc(NS(=O)(=O)c3ccc(F)cc3)cc2)s1. The zero-order valence-corrected chi connectivity index (χ0v) is 16.7. The Labute approximate surface area is 167 Å². The number of carbonyl (C=O) groups is 1. The summed E-state index contributed by atoms with van der Waals surface area (Å²) in [5, 5.41) is 2.87. The van der Waals surface area contributed by atoms with E-state index in [2.05, 4.69) is 10.0 Å². The Morgan fingerprint density at radius 1 is 1.00 bits per heavy atom. The molecule has 0 aliphatic rings. The first-order valence-corrected chi connectivity index (χ1v) is 10.8. The molecule has 0 atom stereocenters. The van der Waals surface area contributed by atoms with E-state index in [9.17, 15) is 17.6 Å². The van der Waals surface area contributed by atoms with E-state index in [-0.39, 0.29) is 17.2 Å². The Kier molecular flexibility index (Phi) is 6.11. The molecule has 1 heterocycles. The number of thiophene rings is 1. The third kappa shape index (κ3) is 5.40. The maximum Gasteiger partial charge on any atom is 0.261 e. The second-order valence-corrected chi connectivity index (χ2v) is 9.28. The van der Waals surface area contributed by atoms with E-state index < -0.39 is 15.8 Å². The summed E-state index contributed by atoms with van der Waals surface area (Å²) in [5.74, 6) is -0.610. The lowest BCUT2D eigenvalue weighted by atomic mass is 10.1. The number of sulfonamides is 1. The largest absolute Gasteiger partial charge is 0.351 e. The molecule has 0 aliphatic heterocycles. The van der Waals surface area contributed by atoms with Crippen LogP contribution in [-0.4, -0.2) is 14.3 Å². The number of hydrogen-bond acceptors (Lipinski definition) is 4. The third-order valence-corrected chi connectivity index (χ3v) is 6.35. The maximum absolute atomic E-state index is 13.0. The van der Waals surface area contributed by atoms with Gasteiger partial charge in [0.05, 0.1) is 17.9 Å². The standard InChI is InChI=1S/C20H19FN2O3S2/c1-14-2-9-18(27-14)13-22-20(24)12-15-3-7-17(8-4-15)23-28(25,26)19-10-5-16(21)6-11-19/h2-11,23H,12-13H2,1H3,(H,22,24). The minimum atomic E-state index is -3.80. The Bertz CT molecular complexity index is 1060. The summed E-state index contributed by atoms with van der Waals surface area (Å²) in [7, 11) is -3.80. The number of rotatable bonds is 7. The molecule has 1 amide bonds. The smallest absolute Gasteiger partial charge is 0.261 e. The van der Waals surface area contributed by atoms with Crippen LogP contribution in [0.4, 0.5) is 10.1 Å². The van der Waals surface area contributed by atoms with Gasteiger partial charge in [0.2, 0.25) is 5.91 Å². The molecule has 2 aromatic carbocycles. The molecule has 3 rings (SSSR count). The van der Waals surface area contributed by atoms with E-state index in [1.807, 2.05) is 19.1 Å². The van der Waals surface area contributed by atoms with Gasteiger partial charge in [0, 0.05) is 15.4 Å². The van der Waals surface area contributed by atoms with E-state index in [0.29, 0.717) is 12.2 Å². The van der Waals surface area contributed by atoms with Gasteiger partial charge in [-0.25, -0.2) is 12.8 Å². The van der Waals surface area contributed by atoms with Gasteiger partial charge in [-0.05, 0) is 61.0 Å². The number of nitrogens with one attached hydrogen (secondary N) is 2. The number of aryl methyl sites for hydroxylation is 1. The average molecular weight is 419 g/mol. The van der Waals surface area contributed by atoms with Crippen LogP contribution in [0.5, 0.6) is 0 Å². The molecule has 0 aliphatic carbocycles. The van der Waals surface area contributed by atoms with Crippen molar-refractivity contribution in [3.8, 4) is 0 Å². The number of amides is 1. The highest BCUT2D eigenvalue weighted by molar-refractivity contribution is 7.92. The van der Waals surface area contributed by atoms with E-state index in [1.54, 1.807) is 35.6 Å². The first kappa shape index (κ1) is 20.0. The molecule has 146 valence electrons. The highest BCUT2D eigenvalue weighted by Crippen LogP contribution is 2.18. The summed E-state index contributed by atoms with van der Waals surface area (Å²) in [5.41, 5.74) is 1.13. The summed E-state index contributed by atoms with van der Waals surface area (Å²) < 4.78 is 40.0. The normalized spacial score (nSPS) is 11.2. The number of carbonyl (C=O) groups excluding carboxylic acids is 1. The van der Waals surface area contributed by atoms with Crippen molar-refractivity contribution in [2.24, 2.45) is 0 Å².